The summed E-state index contributed by atoms with van der Waals surface area (Å²) in [6, 6.07) is 23.0. The molecule has 1 aliphatic heterocycles. The van der Waals surface area contributed by atoms with Crippen molar-refractivity contribution < 1.29 is 19.7 Å². The monoisotopic (exact) mass is 447 g/mol. The number of hydrogen-bond donors (Lipinski definition) is 2. The van der Waals surface area contributed by atoms with Gasteiger partial charge in [-0.25, -0.2) is 0 Å². The summed E-state index contributed by atoms with van der Waals surface area (Å²) in [6.45, 7) is 6.62. The number of benzene rings is 3. The van der Waals surface area contributed by atoms with Crippen LogP contribution >= 0.6 is 0 Å². The first-order valence-corrected chi connectivity index (χ1v) is 11.3. The molecule has 33 heavy (non-hydrogen) atoms. The Morgan fingerprint density at radius 2 is 1.03 bits per heavy atom. The average Bonchev–Trinajstić information content (AvgIpc) is 3.14. The molecule has 0 aliphatic carbocycles. The molecule has 1 fully saturated rings. The number of phenolic OH excluding ortho intramolecular Hbond substituents is 2. The van der Waals surface area contributed by atoms with Crippen molar-refractivity contribution in [3.05, 3.63) is 89.5 Å². The molecular formula is C28H33NO4. The van der Waals surface area contributed by atoms with Gasteiger partial charge in [0.1, 0.15) is 23.7 Å². The van der Waals surface area contributed by atoms with Crippen LogP contribution in [0.1, 0.15) is 49.5 Å². The molecule has 4 atom stereocenters. The van der Waals surface area contributed by atoms with Gasteiger partial charge in [0.15, 0.2) is 0 Å². The van der Waals surface area contributed by atoms with E-state index in [0.29, 0.717) is 0 Å². The third kappa shape index (κ3) is 4.43. The summed E-state index contributed by atoms with van der Waals surface area (Å²) in [5.74, 6) is 0.454. The standard InChI is InChI=1S/C28H33NO4/c1-28(2,3)20-10-12-21(13-11-20)29-24(18-6-14-22(30)15-7-18)26(32-4)27(33-5)25(29)19-8-16-23(31)17-9-19/h6-17,24-27,30-31H,1-5H3/t24-,25-,26+,27+/m1/s1. The minimum atomic E-state index is -0.249. The summed E-state index contributed by atoms with van der Waals surface area (Å²) in [5, 5.41) is 19.7. The number of ether oxygens (including phenoxy) is 2. The average molecular weight is 448 g/mol. The molecule has 3 aromatic carbocycles. The van der Waals surface area contributed by atoms with Gasteiger partial charge < -0.3 is 24.6 Å². The van der Waals surface area contributed by atoms with Crippen LogP contribution in [0.15, 0.2) is 72.8 Å². The van der Waals surface area contributed by atoms with Crippen LogP contribution in [0, 0.1) is 0 Å². The van der Waals surface area contributed by atoms with Gasteiger partial charge in [-0.05, 0) is 58.5 Å². The summed E-state index contributed by atoms with van der Waals surface area (Å²) >= 11 is 0. The second-order valence-electron chi connectivity index (χ2n) is 9.68. The van der Waals surface area contributed by atoms with Crippen molar-refractivity contribution >= 4 is 5.69 Å². The van der Waals surface area contributed by atoms with E-state index in [1.165, 1.54) is 5.56 Å². The highest BCUT2D eigenvalue weighted by molar-refractivity contribution is 5.57. The van der Waals surface area contributed by atoms with Gasteiger partial charge in [-0.1, -0.05) is 57.2 Å². The van der Waals surface area contributed by atoms with Gasteiger partial charge in [-0.15, -0.1) is 0 Å². The maximum absolute atomic E-state index is 9.87. The Hall–Kier alpha value is -3.02. The molecule has 1 heterocycles. The number of methoxy groups -OCH3 is 2. The predicted octanol–water partition coefficient (Wildman–Crippen LogP) is 5.73. The fourth-order valence-electron chi connectivity index (χ4n) is 4.87. The van der Waals surface area contributed by atoms with Crippen molar-refractivity contribution in [2.45, 2.75) is 50.5 Å². The van der Waals surface area contributed by atoms with Crippen molar-refractivity contribution in [1.29, 1.82) is 0 Å². The van der Waals surface area contributed by atoms with Crippen LogP contribution in [0.25, 0.3) is 0 Å². The van der Waals surface area contributed by atoms with Gasteiger partial charge in [-0.3, -0.25) is 0 Å². The van der Waals surface area contributed by atoms with E-state index >= 15 is 0 Å². The molecule has 1 aliphatic rings. The lowest BCUT2D eigenvalue weighted by atomic mass is 9.87. The lowest BCUT2D eigenvalue weighted by Gasteiger charge is -2.34. The van der Waals surface area contributed by atoms with Crippen LogP contribution < -0.4 is 4.90 Å². The lowest BCUT2D eigenvalue weighted by molar-refractivity contribution is -0.0288. The zero-order valence-electron chi connectivity index (χ0n) is 19.9. The molecule has 174 valence electrons. The Morgan fingerprint density at radius 3 is 1.36 bits per heavy atom. The Kier molecular flexibility index (Phi) is 6.37. The first kappa shape index (κ1) is 23.1. The number of aromatic hydroxyl groups is 2. The summed E-state index contributed by atoms with van der Waals surface area (Å²) < 4.78 is 12.1. The van der Waals surface area contributed by atoms with E-state index in [2.05, 4.69) is 49.9 Å². The molecule has 2 N–H and O–H groups in total. The van der Waals surface area contributed by atoms with Crippen LogP contribution in [-0.4, -0.2) is 36.6 Å². The molecule has 5 nitrogen and oxygen atoms in total. The fourth-order valence-corrected chi connectivity index (χ4v) is 4.87. The summed E-state index contributed by atoms with van der Waals surface area (Å²) in [4.78, 5) is 2.34. The minimum Gasteiger partial charge on any atom is -0.508 e. The molecule has 0 radical (unpaired) electrons. The Bertz CT molecular complexity index is 996. The summed E-state index contributed by atoms with van der Waals surface area (Å²) in [6.07, 6.45) is -0.499. The van der Waals surface area contributed by atoms with E-state index in [0.717, 1.165) is 16.8 Å². The van der Waals surface area contributed by atoms with E-state index in [1.807, 2.05) is 24.3 Å². The maximum atomic E-state index is 9.87. The minimum absolute atomic E-state index is 0.0559. The SMILES string of the molecule is CO[C@@H]1[C@@H](OC)[C@@H](c2ccc(O)cc2)N(c2ccc(C(C)(C)C)cc2)[C@@H]1c1ccc(O)cc1. The summed E-state index contributed by atoms with van der Waals surface area (Å²) in [5.41, 5.74) is 4.44. The Morgan fingerprint density at radius 1 is 0.636 bits per heavy atom. The number of nitrogens with zero attached hydrogens (tertiary/aromatic N) is 1. The molecular weight excluding hydrogens is 414 g/mol. The third-order valence-corrected chi connectivity index (χ3v) is 6.59. The van der Waals surface area contributed by atoms with Gasteiger partial charge >= 0.3 is 0 Å². The highest BCUT2D eigenvalue weighted by Gasteiger charge is 2.51. The molecule has 0 bridgehead atoms. The predicted molar refractivity (Wildman–Crippen MR) is 131 cm³/mol. The molecule has 0 amide bonds. The van der Waals surface area contributed by atoms with Gasteiger partial charge in [0, 0.05) is 19.9 Å². The molecule has 5 heteroatoms. The van der Waals surface area contributed by atoms with Crippen molar-refractivity contribution in [3.8, 4) is 11.5 Å². The van der Waals surface area contributed by atoms with Crippen molar-refractivity contribution in [2.75, 3.05) is 19.1 Å². The smallest absolute Gasteiger partial charge is 0.115 e. The fraction of sp³-hybridized carbons (Fsp3) is 0.357. The van der Waals surface area contributed by atoms with Crippen LogP contribution in [0.2, 0.25) is 0 Å². The van der Waals surface area contributed by atoms with E-state index in [4.69, 9.17) is 9.47 Å². The largest absolute Gasteiger partial charge is 0.508 e. The van der Waals surface area contributed by atoms with E-state index in [-0.39, 0.29) is 41.2 Å². The van der Waals surface area contributed by atoms with Crippen molar-refractivity contribution in [3.63, 3.8) is 0 Å². The molecule has 0 spiro atoms. The van der Waals surface area contributed by atoms with Gasteiger partial charge in [-0.2, -0.15) is 0 Å². The highest BCUT2D eigenvalue weighted by atomic mass is 16.5. The molecule has 0 saturated carbocycles. The van der Waals surface area contributed by atoms with E-state index < -0.39 is 0 Å². The van der Waals surface area contributed by atoms with Crippen LogP contribution in [0.3, 0.4) is 0 Å². The molecule has 0 unspecified atom stereocenters. The van der Waals surface area contributed by atoms with E-state index in [9.17, 15) is 10.2 Å². The summed E-state index contributed by atoms with van der Waals surface area (Å²) in [7, 11) is 3.42. The van der Waals surface area contributed by atoms with Gasteiger partial charge in [0.05, 0.1) is 12.1 Å². The molecule has 0 aromatic heterocycles. The molecule has 1 saturated heterocycles. The molecule has 4 rings (SSSR count). The number of anilines is 1. The number of hydrogen-bond acceptors (Lipinski definition) is 5. The van der Waals surface area contributed by atoms with Gasteiger partial charge in [0.2, 0.25) is 0 Å². The maximum Gasteiger partial charge on any atom is 0.115 e. The normalized spacial score (nSPS) is 23.1. The topological polar surface area (TPSA) is 62.2 Å². The second-order valence-corrected chi connectivity index (χ2v) is 9.68. The first-order valence-electron chi connectivity index (χ1n) is 11.3. The highest BCUT2D eigenvalue weighted by Crippen LogP contribution is 2.49. The lowest BCUT2D eigenvalue weighted by Crippen LogP contribution is -2.31. The zero-order valence-corrected chi connectivity index (χ0v) is 19.9. The third-order valence-electron chi connectivity index (χ3n) is 6.59. The van der Waals surface area contributed by atoms with Crippen molar-refractivity contribution in [2.24, 2.45) is 0 Å². The first-order chi connectivity index (χ1) is 15.7. The molecule has 3 aromatic rings. The van der Waals surface area contributed by atoms with Crippen LogP contribution in [0.4, 0.5) is 5.69 Å². The Balaban J connectivity index is 1.89. The zero-order chi connectivity index (χ0) is 23.8. The van der Waals surface area contributed by atoms with Gasteiger partial charge in [0.25, 0.3) is 0 Å². The van der Waals surface area contributed by atoms with Crippen molar-refractivity contribution in [1.82, 2.24) is 0 Å². The number of rotatable bonds is 5. The second kappa shape index (κ2) is 9.08. The Labute approximate surface area is 196 Å². The van der Waals surface area contributed by atoms with Crippen LogP contribution in [-0.2, 0) is 14.9 Å². The van der Waals surface area contributed by atoms with E-state index in [1.54, 1.807) is 38.5 Å². The van der Waals surface area contributed by atoms with Crippen LogP contribution in [0.5, 0.6) is 11.5 Å². The quantitative estimate of drug-likeness (QED) is 0.523. The number of phenols is 2.